The molecule has 0 radical (unpaired) electrons. The van der Waals surface area contributed by atoms with E-state index in [2.05, 4.69) is 19.7 Å². The third-order valence-corrected chi connectivity index (χ3v) is 6.60. The lowest BCUT2D eigenvalue weighted by Crippen LogP contribution is -2.19. The van der Waals surface area contributed by atoms with Crippen LogP contribution in [0.15, 0.2) is 30.0 Å². The Kier molecular flexibility index (Phi) is 4.47. The number of rotatable bonds is 7. The molecule has 4 rings (SSSR count). The zero-order valence-corrected chi connectivity index (χ0v) is 15.3. The number of hydrogen-bond acceptors (Lipinski definition) is 8. The number of benzene rings is 1. The quantitative estimate of drug-likeness (QED) is 0.632. The number of sulfonamides is 1. The molecule has 0 amide bonds. The number of thiazole rings is 1. The number of nitrogens with one attached hydrogen (secondary N) is 1. The molecule has 0 bridgehead atoms. The van der Waals surface area contributed by atoms with Crippen LogP contribution < -0.4 is 9.46 Å². The van der Waals surface area contributed by atoms with Crippen LogP contribution in [0.3, 0.4) is 0 Å². The smallest absolute Gasteiger partial charge is 0.236 e. The van der Waals surface area contributed by atoms with Gasteiger partial charge in [0.15, 0.2) is 5.82 Å². The molecule has 0 unspecified atom stereocenters. The highest BCUT2D eigenvalue weighted by atomic mass is 32.2. The zero-order valence-electron chi connectivity index (χ0n) is 13.6. The third-order valence-electron chi connectivity index (χ3n) is 3.96. The number of aromatic nitrogens is 3. The van der Waals surface area contributed by atoms with E-state index in [0.717, 1.165) is 10.2 Å². The number of ether oxygens (including phenoxy) is 1. The van der Waals surface area contributed by atoms with E-state index in [0.29, 0.717) is 24.0 Å². The van der Waals surface area contributed by atoms with Crippen molar-refractivity contribution in [2.45, 2.75) is 18.1 Å². The largest absolute Gasteiger partial charge is 0.475 e. The van der Waals surface area contributed by atoms with Gasteiger partial charge in [0, 0.05) is 0 Å². The lowest BCUT2D eigenvalue weighted by Gasteiger charge is -2.15. The molecule has 2 N–H and O–H groups in total. The van der Waals surface area contributed by atoms with Crippen molar-refractivity contribution >= 4 is 37.4 Å². The van der Waals surface area contributed by atoms with Crippen molar-refractivity contribution in [3.63, 3.8) is 0 Å². The van der Waals surface area contributed by atoms with E-state index < -0.39 is 10.0 Å². The Morgan fingerprint density at radius 3 is 2.88 bits per heavy atom. The highest BCUT2D eigenvalue weighted by molar-refractivity contribution is 7.93. The van der Waals surface area contributed by atoms with Gasteiger partial charge < -0.3 is 9.84 Å². The Bertz CT molecular complexity index is 1050. The van der Waals surface area contributed by atoms with Gasteiger partial charge in [-0.3, -0.25) is 4.72 Å². The van der Waals surface area contributed by atoms with Gasteiger partial charge in [0.25, 0.3) is 0 Å². The number of hydrogen-bond donors (Lipinski definition) is 2. The Hall–Kier alpha value is -2.30. The van der Waals surface area contributed by atoms with Crippen molar-refractivity contribution < 1.29 is 18.3 Å². The first-order valence-corrected chi connectivity index (χ1v) is 10.4. The van der Waals surface area contributed by atoms with Crippen LogP contribution in [0, 0.1) is 0 Å². The first-order valence-electron chi connectivity index (χ1n) is 8.02. The molecule has 26 heavy (non-hydrogen) atoms. The Balaban J connectivity index is 1.82. The summed E-state index contributed by atoms with van der Waals surface area (Å²) in [5, 5.41) is 8.67. The van der Waals surface area contributed by atoms with Gasteiger partial charge in [0.2, 0.25) is 15.9 Å². The summed E-state index contributed by atoms with van der Waals surface area (Å²) < 4.78 is 33.9. The maximum absolute atomic E-state index is 12.4. The van der Waals surface area contributed by atoms with Crippen molar-refractivity contribution in [1.82, 2.24) is 15.0 Å². The second kappa shape index (κ2) is 6.78. The van der Waals surface area contributed by atoms with Gasteiger partial charge in [0.05, 0.1) is 33.1 Å². The molecule has 1 aliphatic rings. The topological polar surface area (TPSA) is 114 Å². The molecular formula is C16H16N4O4S2. The first-order chi connectivity index (χ1) is 12.6. The number of aliphatic hydroxyl groups is 1. The van der Waals surface area contributed by atoms with E-state index in [-0.39, 0.29) is 30.2 Å². The summed E-state index contributed by atoms with van der Waals surface area (Å²) in [5.41, 5.74) is 3.65. The minimum atomic E-state index is -3.50. The predicted molar refractivity (Wildman–Crippen MR) is 98.8 cm³/mol. The molecule has 0 atom stereocenters. The molecule has 8 nitrogen and oxygen atoms in total. The van der Waals surface area contributed by atoms with E-state index in [1.165, 1.54) is 17.7 Å². The lowest BCUT2D eigenvalue weighted by atomic mass is 10.1. The van der Waals surface area contributed by atoms with Gasteiger partial charge >= 0.3 is 0 Å². The maximum Gasteiger partial charge on any atom is 0.236 e. The number of anilines is 1. The Morgan fingerprint density at radius 2 is 2.12 bits per heavy atom. The molecule has 2 aromatic heterocycles. The molecule has 1 saturated carbocycles. The predicted octanol–water partition coefficient (Wildman–Crippen LogP) is 2.03. The van der Waals surface area contributed by atoms with Gasteiger partial charge in [-0.15, -0.1) is 11.3 Å². The fourth-order valence-corrected chi connectivity index (χ4v) is 4.57. The van der Waals surface area contributed by atoms with Gasteiger partial charge in [-0.2, -0.15) is 0 Å². The number of fused-ring (bicyclic) bond motifs is 1. The summed E-state index contributed by atoms with van der Waals surface area (Å²) in [6.45, 7) is -0.143. The van der Waals surface area contributed by atoms with Crippen molar-refractivity contribution in [2.75, 3.05) is 17.9 Å². The summed E-state index contributed by atoms with van der Waals surface area (Å²) >= 11 is 1.52. The SMILES string of the molecule is O=S(=O)(Nc1ncnc(OCCO)c1-c1ccc2scnc2c1)C1CC1. The Labute approximate surface area is 154 Å². The molecule has 1 aliphatic carbocycles. The van der Waals surface area contributed by atoms with Gasteiger partial charge in [0.1, 0.15) is 12.9 Å². The second-order valence-corrected chi connectivity index (χ2v) is 8.70. The fraction of sp³-hybridized carbons (Fsp3) is 0.312. The number of nitrogens with zero attached hydrogens (tertiary/aromatic N) is 3. The summed E-state index contributed by atoms with van der Waals surface area (Å²) in [7, 11) is -3.50. The van der Waals surface area contributed by atoms with E-state index >= 15 is 0 Å². The molecule has 0 aliphatic heterocycles. The maximum atomic E-state index is 12.4. The van der Waals surface area contributed by atoms with Crippen molar-refractivity contribution in [3.8, 4) is 17.0 Å². The van der Waals surface area contributed by atoms with Crippen molar-refractivity contribution in [2.24, 2.45) is 0 Å². The fourth-order valence-electron chi connectivity index (χ4n) is 2.57. The number of aliphatic hydroxyl groups excluding tert-OH is 1. The van der Waals surface area contributed by atoms with Gasteiger partial charge in [-0.05, 0) is 30.5 Å². The highest BCUT2D eigenvalue weighted by Crippen LogP contribution is 2.38. The van der Waals surface area contributed by atoms with Crippen molar-refractivity contribution in [3.05, 3.63) is 30.0 Å². The van der Waals surface area contributed by atoms with Crippen LogP contribution in [0.25, 0.3) is 21.3 Å². The third kappa shape index (κ3) is 3.35. The van der Waals surface area contributed by atoms with Crippen LogP contribution in [-0.2, 0) is 10.0 Å². The van der Waals surface area contributed by atoms with E-state index in [1.54, 1.807) is 5.51 Å². The van der Waals surface area contributed by atoms with E-state index in [4.69, 9.17) is 9.84 Å². The minimum absolute atomic E-state index is 0.0395. The summed E-state index contributed by atoms with van der Waals surface area (Å²) in [4.78, 5) is 12.5. The molecule has 0 spiro atoms. The van der Waals surface area contributed by atoms with Crippen LogP contribution in [-0.4, -0.2) is 46.9 Å². The minimum Gasteiger partial charge on any atom is -0.475 e. The normalized spacial score (nSPS) is 14.5. The molecule has 1 aromatic carbocycles. The molecule has 2 heterocycles. The molecular weight excluding hydrogens is 376 g/mol. The summed E-state index contributed by atoms with van der Waals surface area (Å²) in [5.74, 6) is 0.367. The molecule has 3 aromatic rings. The van der Waals surface area contributed by atoms with Crippen LogP contribution in [0.2, 0.25) is 0 Å². The highest BCUT2D eigenvalue weighted by Gasteiger charge is 2.36. The molecule has 136 valence electrons. The second-order valence-electron chi connectivity index (χ2n) is 5.86. The summed E-state index contributed by atoms with van der Waals surface area (Å²) in [6.07, 6.45) is 2.53. The van der Waals surface area contributed by atoms with E-state index in [9.17, 15) is 8.42 Å². The molecule has 1 fully saturated rings. The summed E-state index contributed by atoms with van der Waals surface area (Å²) in [6, 6.07) is 5.59. The van der Waals surface area contributed by atoms with Crippen LogP contribution >= 0.6 is 11.3 Å². The molecule has 0 saturated heterocycles. The monoisotopic (exact) mass is 392 g/mol. The van der Waals surface area contributed by atoms with Crippen LogP contribution in [0.1, 0.15) is 12.8 Å². The first kappa shape index (κ1) is 17.1. The van der Waals surface area contributed by atoms with Crippen LogP contribution in [0.4, 0.5) is 5.82 Å². The standard InChI is InChI=1S/C16H16N4O4S2/c21-5-6-24-16-14(10-1-4-13-12(7-10)19-9-25-13)15(17-8-18-16)20-26(22,23)11-2-3-11/h1,4,7-9,11,21H,2-3,5-6H2,(H,17,18,20). The average molecular weight is 392 g/mol. The van der Waals surface area contributed by atoms with Crippen LogP contribution in [0.5, 0.6) is 5.88 Å². The van der Waals surface area contributed by atoms with E-state index in [1.807, 2.05) is 18.2 Å². The average Bonchev–Trinajstić information content (AvgIpc) is 3.39. The zero-order chi connectivity index (χ0) is 18.1. The molecule has 10 heteroatoms. The van der Waals surface area contributed by atoms with Gasteiger partial charge in [-0.25, -0.2) is 23.4 Å². The lowest BCUT2D eigenvalue weighted by molar-refractivity contribution is 0.197. The Morgan fingerprint density at radius 1 is 1.27 bits per heavy atom. The van der Waals surface area contributed by atoms with Gasteiger partial charge in [-0.1, -0.05) is 6.07 Å². The van der Waals surface area contributed by atoms with Crippen molar-refractivity contribution in [1.29, 1.82) is 0 Å².